The second-order valence-electron chi connectivity index (χ2n) is 8.76. The molecule has 3 nitrogen and oxygen atoms in total. The zero-order valence-electron chi connectivity index (χ0n) is 15.8. The Kier molecular flexibility index (Phi) is 7.24. The van der Waals surface area contributed by atoms with E-state index in [0.717, 1.165) is 18.5 Å². The van der Waals surface area contributed by atoms with Gasteiger partial charge in [0, 0.05) is 12.1 Å². The summed E-state index contributed by atoms with van der Waals surface area (Å²) in [6.45, 7) is 13.8. The van der Waals surface area contributed by atoms with Gasteiger partial charge in [-0.05, 0) is 35.8 Å². The maximum Gasteiger partial charge on any atom is 0.223 e. The normalized spacial score (nSPS) is 13.7. The van der Waals surface area contributed by atoms with Crippen molar-refractivity contribution in [3.8, 4) is 0 Å². The highest BCUT2D eigenvalue weighted by atomic mass is 16.1. The number of amides is 1. The van der Waals surface area contributed by atoms with Crippen LogP contribution in [0, 0.1) is 16.7 Å². The summed E-state index contributed by atoms with van der Waals surface area (Å²) in [7, 11) is 0. The molecule has 1 aromatic rings. The van der Waals surface area contributed by atoms with Gasteiger partial charge >= 0.3 is 0 Å². The van der Waals surface area contributed by atoms with Gasteiger partial charge in [-0.3, -0.25) is 9.78 Å². The minimum atomic E-state index is -0.0179. The molecule has 0 fully saturated rings. The molecule has 0 saturated heterocycles. The Labute approximate surface area is 142 Å². The fourth-order valence-corrected chi connectivity index (χ4v) is 2.76. The molecule has 0 bridgehead atoms. The Morgan fingerprint density at radius 1 is 1.13 bits per heavy atom. The monoisotopic (exact) mass is 318 g/mol. The number of unbranched alkanes of at least 4 members (excludes halogenated alkanes) is 1. The zero-order chi connectivity index (χ0) is 17.5. The first kappa shape index (κ1) is 19.7. The molecule has 1 aromatic heterocycles. The average Bonchev–Trinajstić information content (AvgIpc) is 2.43. The van der Waals surface area contributed by atoms with Crippen LogP contribution in [0.2, 0.25) is 0 Å². The maximum atomic E-state index is 12.6. The van der Waals surface area contributed by atoms with E-state index in [9.17, 15) is 4.79 Å². The molecule has 0 saturated carbocycles. The van der Waals surface area contributed by atoms with E-state index in [4.69, 9.17) is 0 Å². The number of aromatic nitrogens is 1. The molecule has 0 aromatic carbocycles. The van der Waals surface area contributed by atoms with Crippen LogP contribution in [0.1, 0.15) is 72.9 Å². The molecule has 0 spiro atoms. The first-order valence-corrected chi connectivity index (χ1v) is 8.77. The van der Waals surface area contributed by atoms with Gasteiger partial charge in [-0.15, -0.1) is 0 Å². The molecule has 0 aliphatic rings. The van der Waals surface area contributed by atoms with Crippen molar-refractivity contribution in [2.24, 2.45) is 16.7 Å². The van der Waals surface area contributed by atoms with Gasteiger partial charge in [0.05, 0.1) is 12.2 Å². The van der Waals surface area contributed by atoms with E-state index in [0.29, 0.717) is 12.0 Å². The molecular weight excluding hydrogens is 284 g/mol. The molecule has 1 rings (SSSR count). The number of nitrogens with one attached hydrogen (secondary N) is 1. The molecule has 0 aliphatic heterocycles. The molecule has 1 N–H and O–H groups in total. The van der Waals surface area contributed by atoms with Crippen molar-refractivity contribution >= 4 is 5.91 Å². The van der Waals surface area contributed by atoms with Crippen LogP contribution in [-0.2, 0) is 11.3 Å². The summed E-state index contributed by atoms with van der Waals surface area (Å²) in [5, 5.41) is 3.06. The van der Waals surface area contributed by atoms with Gasteiger partial charge in [0.15, 0.2) is 0 Å². The topological polar surface area (TPSA) is 42.0 Å². The van der Waals surface area contributed by atoms with Gasteiger partial charge in [0.2, 0.25) is 5.91 Å². The van der Waals surface area contributed by atoms with Gasteiger partial charge in [-0.1, -0.05) is 60.5 Å². The highest BCUT2D eigenvalue weighted by Gasteiger charge is 2.30. The second-order valence-corrected chi connectivity index (χ2v) is 8.76. The van der Waals surface area contributed by atoms with E-state index in [2.05, 4.69) is 51.8 Å². The SMILES string of the molecule is CC(C)(C)CCCCC(C(=O)NCc1ccccn1)C(C)(C)C. The molecule has 0 radical (unpaired) electrons. The van der Waals surface area contributed by atoms with Crippen LogP contribution in [0.5, 0.6) is 0 Å². The average molecular weight is 319 g/mol. The molecule has 23 heavy (non-hydrogen) atoms. The molecule has 1 heterocycles. The Morgan fingerprint density at radius 3 is 2.35 bits per heavy atom. The number of hydrogen-bond donors (Lipinski definition) is 1. The predicted octanol–water partition coefficient (Wildman–Crippen LogP) is 4.97. The van der Waals surface area contributed by atoms with Crippen molar-refractivity contribution in [1.82, 2.24) is 10.3 Å². The molecule has 130 valence electrons. The third kappa shape index (κ3) is 8.15. The summed E-state index contributed by atoms with van der Waals surface area (Å²) in [5.41, 5.74) is 1.26. The van der Waals surface area contributed by atoms with Gasteiger partial charge in [-0.25, -0.2) is 0 Å². The molecule has 1 amide bonds. The quantitative estimate of drug-likeness (QED) is 0.721. The highest BCUT2D eigenvalue weighted by molar-refractivity contribution is 5.79. The lowest BCUT2D eigenvalue weighted by atomic mass is 9.76. The van der Waals surface area contributed by atoms with E-state index >= 15 is 0 Å². The van der Waals surface area contributed by atoms with Crippen molar-refractivity contribution in [2.75, 3.05) is 0 Å². The van der Waals surface area contributed by atoms with Crippen molar-refractivity contribution < 1.29 is 4.79 Å². The lowest BCUT2D eigenvalue weighted by molar-refractivity contribution is -0.128. The Hall–Kier alpha value is -1.38. The van der Waals surface area contributed by atoms with E-state index in [1.807, 2.05) is 18.2 Å². The Morgan fingerprint density at radius 2 is 1.83 bits per heavy atom. The Balaban J connectivity index is 2.51. The lowest BCUT2D eigenvalue weighted by Gasteiger charge is -2.30. The summed E-state index contributed by atoms with van der Waals surface area (Å²) < 4.78 is 0. The van der Waals surface area contributed by atoms with Gasteiger partial charge in [0.25, 0.3) is 0 Å². The summed E-state index contributed by atoms with van der Waals surface area (Å²) in [6, 6.07) is 5.77. The van der Waals surface area contributed by atoms with Crippen molar-refractivity contribution in [2.45, 2.75) is 73.8 Å². The minimum absolute atomic E-state index is 0.0179. The number of hydrogen-bond acceptors (Lipinski definition) is 2. The van der Waals surface area contributed by atoms with Crippen LogP contribution in [0.15, 0.2) is 24.4 Å². The number of carbonyl (C=O) groups is 1. The van der Waals surface area contributed by atoms with Crippen molar-refractivity contribution in [3.05, 3.63) is 30.1 Å². The van der Waals surface area contributed by atoms with Gasteiger partial charge < -0.3 is 5.32 Å². The minimum Gasteiger partial charge on any atom is -0.350 e. The third-order valence-corrected chi connectivity index (χ3v) is 4.20. The van der Waals surface area contributed by atoms with Crippen LogP contribution >= 0.6 is 0 Å². The molecular formula is C20H34N2O. The fraction of sp³-hybridized carbons (Fsp3) is 0.700. The summed E-state index contributed by atoms with van der Waals surface area (Å²) in [4.78, 5) is 16.9. The standard InChI is InChI=1S/C20H34N2O/c1-19(2,3)13-9-7-12-17(20(4,5)6)18(23)22-15-16-11-8-10-14-21-16/h8,10-11,14,17H,7,9,12-13,15H2,1-6H3,(H,22,23). The summed E-state index contributed by atoms with van der Waals surface area (Å²) in [5.74, 6) is 0.199. The number of carbonyl (C=O) groups excluding carboxylic acids is 1. The highest BCUT2D eigenvalue weighted by Crippen LogP contribution is 2.32. The van der Waals surface area contributed by atoms with E-state index in [-0.39, 0.29) is 17.2 Å². The largest absolute Gasteiger partial charge is 0.350 e. The number of nitrogens with zero attached hydrogens (tertiary/aromatic N) is 1. The Bertz CT molecular complexity index is 469. The summed E-state index contributed by atoms with van der Waals surface area (Å²) in [6.07, 6.45) is 6.21. The van der Waals surface area contributed by atoms with Crippen LogP contribution in [-0.4, -0.2) is 10.9 Å². The lowest BCUT2D eigenvalue weighted by Crippen LogP contribution is -2.37. The first-order chi connectivity index (χ1) is 10.6. The van der Waals surface area contributed by atoms with Crippen LogP contribution in [0.4, 0.5) is 0 Å². The van der Waals surface area contributed by atoms with Crippen LogP contribution in [0.25, 0.3) is 0 Å². The fourth-order valence-electron chi connectivity index (χ4n) is 2.76. The molecule has 1 unspecified atom stereocenters. The summed E-state index contributed by atoms with van der Waals surface area (Å²) >= 11 is 0. The molecule has 3 heteroatoms. The third-order valence-electron chi connectivity index (χ3n) is 4.20. The van der Waals surface area contributed by atoms with Gasteiger partial charge in [0.1, 0.15) is 0 Å². The predicted molar refractivity (Wildman–Crippen MR) is 97.0 cm³/mol. The first-order valence-electron chi connectivity index (χ1n) is 8.77. The maximum absolute atomic E-state index is 12.6. The van der Waals surface area contributed by atoms with E-state index in [1.165, 1.54) is 12.8 Å². The van der Waals surface area contributed by atoms with Crippen LogP contribution < -0.4 is 5.32 Å². The zero-order valence-corrected chi connectivity index (χ0v) is 15.8. The smallest absolute Gasteiger partial charge is 0.223 e. The second kappa shape index (κ2) is 8.47. The van der Waals surface area contributed by atoms with Gasteiger partial charge in [-0.2, -0.15) is 0 Å². The number of pyridine rings is 1. The van der Waals surface area contributed by atoms with E-state index < -0.39 is 0 Å². The molecule has 0 aliphatic carbocycles. The molecule has 1 atom stereocenters. The van der Waals surface area contributed by atoms with Crippen LogP contribution in [0.3, 0.4) is 0 Å². The van der Waals surface area contributed by atoms with Crippen molar-refractivity contribution in [3.63, 3.8) is 0 Å². The number of rotatable bonds is 7. The van der Waals surface area contributed by atoms with E-state index in [1.54, 1.807) is 6.20 Å². The van der Waals surface area contributed by atoms with Crippen molar-refractivity contribution in [1.29, 1.82) is 0 Å².